The molecule has 5 nitrogen and oxygen atoms in total. The number of rotatable bonds is 3. The van der Waals surface area contributed by atoms with E-state index in [-0.39, 0.29) is 6.10 Å². The van der Waals surface area contributed by atoms with Crippen LogP contribution in [0.1, 0.15) is 13.8 Å². The molecule has 0 saturated heterocycles. The molecule has 0 aliphatic heterocycles. The van der Waals surface area contributed by atoms with Gasteiger partial charge in [0.2, 0.25) is 0 Å². The number of hydrogen-bond acceptors (Lipinski definition) is 4. The molecule has 2 rings (SSSR count). The summed E-state index contributed by atoms with van der Waals surface area (Å²) in [6, 6.07) is 3.70. The van der Waals surface area contributed by atoms with E-state index in [0.717, 1.165) is 0 Å². The Morgan fingerprint density at radius 2 is 2.27 bits per heavy atom. The Morgan fingerprint density at radius 3 is 2.93 bits per heavy atom. The average Bonchev–Trinajstić information content (AvgIpc) is 2.70. The van der Waals surface area contributed by atoms with Gasteiger partial charge in [-0.2, -0.15) is 9.78 Å². The van der Waals surface area contributed by atoms with Crippen LogP contribution in [0.2, 0.25) is 0 Å². The van der Waals surface area contributed by atoms with Gasteiger partial charge in [0.1, 0.15) is 12.7 Å². The predicted molar refractivity (Wildman–Crippen MR) is 54.9 cm³/mol. The standard InChI is InChI=1S/C10H12N4O/c1-8(2)15-9-4-3-5-12-10(9)14-7-11-6-13-14/h3-8H,1-2H3. The summed E-state index contributed by atoms with van der Waals surface area (Å²) in [5.41, 5.74) is 0. The van der Waals surface area contributed by atoms with E-state index >= 15 is 0 Å². The molecular weight excluding hydrogens is 192 g/mol. The molecule has 0 fully saturated rings. The number of pyridine rings is 1. The van der Waals surface area contributed by atoms with Crippen LogP contribution in [0.3, 0.4) is 0 Å². The number of aromatic nitrogens is 4. The lowest BCUT2D eigenvalue weighted by Gasteiger charge is -2.12. The zero-order valence-electron chi connectivity index (χ0n) is 8.66. The van der Waals surface area contributed by atoms with Crippen molar-refractivity contribution >= 4 is 0 Å². The molecule has 0 aliphatic rings. The van der Waals surface area contributed by atoms with Crippen molar-refractivity contribution in [2.75, 3.05) is 0 Å². The van der Waals surface area contributed by atoms with Crippen molar-refractivity contribution in [1.82, 2.24) is 19.7 Å². The molecule has 0 unspecified atom stereocenters. The van der Waals surface area contributed by atoms with Gasteiger partial charge in [0.15, 0.2) is 11.6 Å². The molecular formula is C10H12N4O. The van der Waals surface area contributed by atoms with Crippen LogP contribution >= 0.6 is 0 Å². The fourth-order valence-corrected chi connectivity index (χ4v) is 1.22. The average molecular weight is 204 g/mol. The third kappa shape index (κ3) is 2.12. The normalized spacial score (nSPS) is 10.6. The molecule has 15 heavy (non-hydrogen) atoms. The van der Waals surface area contributed by atoms with Crippen LogP contribution in [-0.4, -0.2) is 25.9 Å². The molecule has 0 N–H and O–H groups in total. The third-order valence-corrected chi connectivity index (χ3v) is 1.75. The van der Waals surface area contributed by atoms with E-state index in [1.807, 2.05) is 26.0 Å². The van der Waals surface area contributed by atoms with Crippen LogP contribution in [0.4, 0.5) is 0 Å². The smallest absolute Gasteiger partial charge is 0.197 e. The zero-order valence-corrected chi connectivity index (χ0v) is 8.66. The van der Waals surface area contributed by atoms with Gasteiger partial charge in [-0.25, -0.2) is 9.97 Å². The highest BCUT2D eigenvalue weighted by Crippen LogP contribution is 2.19. The van der Waals surface area contributed by atoms with Gasteiger partial charge < -0.3 is 4.74 Å². The minimum atomic E-state index is 0.108. The molecule has 2 heterocycles. The fraction of sp³-hybridized carbons (Fsp3) is 0.300. The van der Waals surface area contributed by atoms with Crippen LogP contribution in [0.5, 0.6) is 5.75 Å². The molecule has 0 aliphatic carbocycles. The number of ether oxygens (including phenoxy) is 1. The number of hydrogen-bond donors (Lipinski definition) is 0. The highest BCUT2D eigenvalue weighted by molar-refractivity contribution is 5.38. The highest BCUT2D eigenvalue weighted by Gasteiger charge is 2.08. The molecule has 78 valence electrons. The lowest BCUT2D eigenvalue weighted by Crippen LogP contribution is -2.09. The van der Waals surface area contributed by atoms with Crippen molar-refractivity contribution in [2.24, 2.45) is 0 Å². The summed E-state index contributed by atoms with van der Waals surface area (Å²) >= 11 is 0. The van der Waals surface area contributed by atoms with E-state index in [9.17, 15) is 0 Å². The Kier molecular flexibility index (Phi) is 2.62. The monoisotopic (exact) mass is 204 g/mol. The van der Waals surface area contributed by atoms with Crippen molar-refractivity contribution in [1.29, 1.82) is 0 Å². The lowest BCUT2D eigenvalue weighted by atomic mass is 10.4. The summed E-state index contributed by atoms with van der Waals surface area (Å²) in [6.07, 6.45) is 4.87. The second kappa shape index (κ2) is 4.08. The molecule has 0 saturated carbocycles. The Bertz CT molecular complexity index is 425. The maximum Gasteiger partial charge on any atom is 0.197 e. The molecule has 0 radical (unpaired) electrons. The molecule has 0 amide bonds. The first-order chi connectivity index (χ1) is 7.27. The van der Waals surface area contributed by atoms with Crippen molar-refractivity contribution in [2.45, 2.75) is 20.0 Å². The molecule has 5 heteroatoms. The molecule has 0 aromatic carbocycles. The van der Waals surface area contributed by atoms with Gasteiger partial charge in [0.25, 0.3) is 0 Å². The molecule has 0 atom stereocenters. The summed E-state index contributed by atoms with van der Waals surface area (Å²) in [5, 5.41) is 4.02. The first kappa shape index (κ1) is 9.64. The van der Waals surface area contributed by atoms with E-state index < -0.39 is 0 Å². The van der Waals surface area contributed by atoms with Crippen LogP contribution in [0, 0.1) is 0 Å². The van der Waals surface area contributed by atoms with Gasteiger partial charge in [-0.3, -0.25) is 0 Å². The summed E-state index contributed by atoms with van der Waals surface area (Å²) in [6.45, 7) is 3.94. The molecule has 2 aromatic rings. The van der Waals surface area contributed by atoms with Gasteiger partial charge in [-0.05, 0) is 26.0 Å². The van der Waals surface area contributed by atoms with Crippen molar-refractivity contribution in [3.63, 3.8) is 0 Å². The Hall–Kier alpha value is -1.91. The summed E-state index contributed by atoms with van der Waals surface area (Å²) in [5.74, 6) is 1.36. The first-order valence-corrected chi connectivity index (χ1v) is 4.74. The Labute approximate surface area is 87.7 Å². The summed E-state index contributed by atoms with van der Waals surface area (Å²) < 4.78 is 7.20. The number of nitrogens with zero attached hydrogens (tertiary/aromatic N) is 4. The Balaban J connectivity index is 2.38. The van der Waals surface area contributed by atoms with E-state index in [1.54, 1.807) is 17.2 Å². The lowest BCUT2D eigenvalue weighted by molar-refractivity contribution is 0.240. The van der Waals surface area contributed by atoms with Crippen molar-refractivity contribution < 1.29 is 4.74 Å². The largest absolute Gasteiger partial charge is 0.487 e. The van der Waals surface area contributed by atoms with Crippen LogP contribution < -0.4 is 4.74 Å². The van der Waals surface area contributed by atoms with Crippen LogP contribution in [0.25, 0.3) is 5.82 Å². The third-order valence-electron chi connectivity index (χ3n) is 1.75. The predicted octanol–water partition coefficient (Wildman–Crippen LogP) is 1.45. The minimum Gasteiger partial charge on any atom is -0.487 e. The second-order valence-corrected chi connectivity index (χ2v) is 3.33. The highest BCUT2D eigenvalue weighted by atomic mass is 16.5. The van der Waals surface area contributed by atoms with Gasteiger partial charge in [0, 0.05) is 6.20 Å². The molecule has 0 spiro atoms. The maximum atomic E-state index is 5.62. The SMILES string of the molecule is CC(C)Oc1cccnc1-n1cncn1. The van der Waals surface area contributed by atoms with E-state index in [1.165, 1.54) is 6.33 Å². The quantitative estimate of drug-likeness (QED) is 0.759. The molecule has 0 bridgehead atoms. The summed E-state index contributed by atoms with van der Waals surface area (Å²) in [4.78, 5) is 8.08. The van der Waals surface area contributed by atoms with Crippen molar-refractivity contribution in [3.8, 4) is 11.6 Å². The maximum absolute atomic E-state index is 5.62. The molecule has 2 aromatic heterocycles. The topological polar surface area (TPSA) is 52.8 Å². The van der Waals surface area contributed by atoms with Crippen molar-refractivity contribution in [3.05, 3.63) is 31.0 Å². The fourth-order valence-electron chi connectivity index (χ4n) is 1.22. The second-order valence-electron chi connectivity index (χ2n) is 3.33. The van der Waals surface area contributed by atoms with E-state index in [2.05, 4.69) is 15.1 Å². The van der Waals surface area contributed by atoms with Gasteiger partial charge in [-0.1, -0.05) is 0 Å². The van der Waals surface area contributed by atoms with Crippen LogP contribution in [0.15, 0.2) is 31.0 Å². The Morgan fingerprint density at radius 1 is 1.40 bits per heavy atom. The zero-order chi connectivity index (χ0) is 10.7. The van der Waals surface area contributed by atoms with E-state index in [0.29, 0.717) is 11.6 Å². The van der Waals surface area contributed by atoms with Gasteiger partial charge in [0.05, 0.1) is 6.10 Å². The van der Waals surface area contributed by atoms with Gasteiger partial charge >= 0.3 is 0 Å². The first-order valence-electron chi connectivity index (χ1n) is 4.74. The minimum absolute atomic E-state index is 0.108. The summed E-state index contributed by atoms with van der Waals surface area (Å²) in [7, 11) is 0. The van der Waals surface area contributed by atoms with Gasteiger partial charge in [-0.15, -0.1) is 0 Å². The van der Waals surface area contributed by atoms with E-state index in [4.69, 9.17) is 4.74 Å². The van der Waals surface area contributed by atoms with Crippen LogP contribution in [-0.2, 0) is 0 Å².